The highest BCUT2D eigenvalue weighted by Gasteiger charge is 2.17. The first-order valence-electron chi connectivity index (χ1n) is 8.62. The molecule has 0 unspecified atom stereocenters. The molecule has 3 nitrogen and oxygen atoms in total. The van der Waals surface area contributed by atoms with E-state index in [2.05, 4.69) is 52.4 Å². The highest BCUT2D eigenvalue weighted by atomic mass is 35.5. The SMILES string of the molecule is Cl.NCc1ccc(-c2cnn(C3CCCCC3)c2)c2ccccc12. The molecule has 0 aliphatic heterocycles. The van der Waals surface area contributed by atoms with Gasteiger partial charge in [0, 0.05) is 18.3 Å². The maximum Gasteiger partial charge on any atom is 0.0568 e. The van der Waals surface area contributed by atoms with Crippen LogP contribution >= 0.6 is 12.4 Å². The summed E-state index contributed by atoms with van der Waals surface area (Å²) in [4.78, 5) is 0. The maximum atomic E-state index is 5.89. The first-order valence-corrected chi connectivity index (χ1v) is 8.62. The lowest BCUT2D eigenvalue weighted by Gasteiger charge is -2.21. The van der Waals surface area contributed by atoms with Crippen LogP contribution in [-0.4, -0.2) is 9.78 Å². The van der Waals surface area contributed by atoms with E-state index < -0.39 is 0 Å². The van der Waals surface area contributed by atoms with E-state index in [0.29, 0.717) is 12.6 Å². The molecule has 1 saturated carbocycles. The molecule has 0 saturated heterocycles. The van der Waals surface area contributed by atoms with Gasteiger partial charge in [0.15, 0.2) is 0 Å². The molecule has 24 heavy (non-hydrogen) atoms. The van der Waals surface area contributed by atoms with Gasteiger partial charge in [-0.3, -0.25) is 4.68 Å². The molecule has 126 valence electrons. The van der Waals surface area contributed by atoms with Crippen molar-refractivity contribution >= 4 is 23.2 Å². The van der Waals surface area contributed by atoms with Crippen LogP contribution in [0.3, 0.4) is 0 Å². The molecular weight excluding hydrogens is 318 g/mol. The third kappa shape index (κ3) is 3.06. The van der Waals surface area contributed by atoms with Crippen molar-refractivity contribution in [3.8, 4) is 11.1 Å². The van der Waals surface area contributed by atoms with E-state index in [0.717, 1.165) is 0 Å². The fourth-order valence-corrected chi connectivity index (χ4v) is 3.81. The second-order valence-electron chi connectivity index (χ2n) is 6.52. The number of fused-ring (bicyclic) bond motifs is 1. The van der Waals surface area contributed by atoms with Gasteiger partial charge in [-0.25, -0.2) is 0 Å². The molecule has 1 fully saturated rings. The van der Waals surface area contributed by atoms with Crippen LogP contribution in [0.2, 0.25) is 0 Å². The predicted molar refractivity (Wildman–Crippen MR) is 102 cm³/mol. The third-order valence-electron chi connectivity index (χ3n) is 5.10. The Bertz CT molecular complexity index is 819. The Morgan fingerprint density at radius 3 is 2.50 bits per heavy atom. The van der Waals surface area contributed by atoms with Gasteiger partial charge in [-0.1, -0.05) is 55.7 Å². The van der Waals surface area contributed by atoms with E-state index in [1.165, 1.54) is 59.6 Å². The number of benzene rings is 2. The van der Waals surface area contributed by atoms with Crippen LogP contribution in [0.4, 0.5) is 0 Å². The largest absolute Gasteiger partial charge is 0.326 e. The summed E-state index contributed by atoms with van der Waals surface area (Å²) in [5.74, 6) is 0. The summed E-state index contributed by atoms with van der Waals surface area (Å²) in [5, 5.41) is 7.17. The van der Waals surface area contributed by atoms with E-state index in [-0.39, 0.29) is 12.4 Å². The molecule has 1 heterocycles. The van der Waals surface area contributed by atoms with E-state index in [1.54, 1.807) is 0 Å². The minimum atomic E-state index is 0. The summed E-state index contributed by atoms with van der Waals surface area (Å²) in [5.41, 5.74) is 9.54. The van der Waals surface area contributed by atoms with Gasteiger partial charge in [0.1, 0.15) is 0 Å². The third-order valence-corrected chi connectivity index (χ3v) is 5.10. The molecule has 3 aromatic rings. The summed E-state index contributed by atoms with van der Waals surface area (Å²) in [6.45, 7) is 0.572. The highest BCUT2D eigenvalue weighted by Crippen LogP contribution is 2.33. The van der Waals surface area contributed by atoms with Gasteiger partial charge in [-0.05, 0) is 34.7 Å². The van der Waals surface area contributed by atoms with Crippen molar-refractivity contribution in [3.63, 3.8) is 0 Å². The molecule has 0 spiro atoms. The average molecular weight is 342 g/mol. The van der Waals surface area contributed by atoms with Crippen molar-refractivity contribution in [3.05, 3.63) is 54.4 Å². The maximum absolute atomic E-state index is 5.89. The number of nitrogens with two attached hydrogens (primary N) is 1. The van der Waals surface area contributed by atoms with Crippen LogP contribution in [0.1, 0.15) is 43.7 Å². The Balaban J connectivity index is 0.00000169. The van der Waals surface area contributed by atoms with Crippen LogP contribution in [-0.2, 0) is 6.54 Å². The number of nitrogens with zero attached hydrogens (tertiary/aromatic N) is 2. The van der Waals surface area contributed by atoms with Gasteiger partial charge in [0.25, 0.3) is 0 Å². The molecule has 4 heteroatoms. The Morgan fingerprint density at radius 2 is 1.75 bits per heavy atom. The Hall–Kier alpha value is -1.84. The van der Waals surface area contributed by atoms with Crippen molar-refractivity contribution in [1.29, 1.82) is 0 Å². The fourth-order valence-electron chi connectivity index (χ4n) is 3.81. The van der Waals surface area contributed by atoms with Gasteiger partial charge in [0.05, 0.1) is 12.2 Å². The minimum Gasteiger partial charge on any atom is -0.326 e. The lowest BCUT2D eigenvalue weighted by atomic mass is 9.95. The molecular formula is C20H24ClN3. The second-order valence-corrected chi connectivity index (χ2v) is 6.52. The molecule has 2 N–H and O–H groups in total. The molecule has 0 amide bonds. The van der Waals surface area contributed by atoms with E-state index >= 15 is 0 Å². The van der Waals surface area contributed by atoms with E-state index in [1.807, 2.05) is 6.20 Å². The van der Waals surface area contributed by atoms with Gasteiger partial charge in [-0.2, -0.15) is 5.10 Å². The van der Waals surface area contributed by atoms with Gasteiger partial charge < -0.3 is 5.73 Å². The summed E-state index contributed by atoms with van der Waals surface area (Å²) >= 11 is 0. The van der Waals surface area contributed by atoms with Gasteiger partial charge in [-0.15, -0.1) is 12.4 Å². The zero-order valence-corrected chi connectivity index (χ0v) is 14.6. The number of hydrogen-bond acceptors (Lipinski definition) is 2. The monoisotopic (exact) mass is 341 g/mol. The minimum absolute atomic E-state index is 0. The lowest BCUT2D eigenvalue weighted by molar-refractivity contribution is 0.329. The fraction of sp³-hybridized carbons (Fsp3) is 0.350. The molecule has 1 aliphatic rings. The molecule has 1 aromatic heterocycles. The zero-order valence-electron chi connectivity index (χ0n) is 13.8. The normalized spacial score (nSPS) is 15.4. The topological polar surface area (TPSA) is 43.8 Å². The smallest absolute Gasteiger partial charge is 0.0568 e. The van der Waals surface area contributed by atoms with Crippen LogP contribution in [0, 0.1) is 0 Å². The molecule has 4 rings (SSSR count). The molecule has 0 radical (unpaired) electrons. The van der Waals surface area contributed by atoms with Crippen LogP contribution in [0.5, 0.6) is 0 Å². The van der Waals surface area contributed by atoms with Crippen molar-refractivity contribution < 1.29 is 0 Å². The van der Waals surface area contributed by atoms with Crippen LogP contribution < -0.4 is 5.73 Å². The van der Waals surface area contributed by atoms with Crippen molar-refractivity contribution in [1.82, 2.24) is 9.78 Å². The first kappa shape index (κ1) is 17.0. The molecule has 0 atom stereocenters. The van der Waals surface area contributed by atoms with E-state index in [9.17, 15) is 0 Å². The van der Waals surface area contributed by atoms with Crippen molar-refractivity contribution in [2.75, 3.05) is 0 Å². The summed E-state index contributed by atoms with van der Waals surface area (Å²) in [7, 11) is 0. The number of hydrogen-bond donors (Lipinski definition) is 1. The Morgan fingerprint density at radius 1 is 1.00 bits per heavy atom. The summed E-state index contributed by atoms with van der Waals surface area (Å²) in [6, 6.07) is 13.4. The van der Waals surface area contributed by atoms with Crippen LogP contribution in [0.15, 0.2) is 48.8 Å². The number of halogens is 1. The Labute approximate surface area is 149 Å². The van der Waals surface area contributed by atoms with Crippen LogP contribution in [0.25, 0.3) is 21.9 Å². The number of rotatable bonds is 3. The molecule has 1 aliphatic carbocycles. The highest BCUT2D eigenvalue weighted by molar-refractivity contribution is 5.98. The lowest BCUT2D eigenvalue weighted by Crippen LogP contribution is -2.12. The van der Waals surface area contributed by atoms with Gasteiger partial charge >= 0.3 is 0 Å². The predicted octanol–water partition coefficient (Wildman–Crippen LogP) is 5.09. The molecule has 0 bridgehead atoms. The average Bonchev–Trinajstić information content (AvgIpc) is 3.11. The van der Waals surface area contributed by atoms with Crippen molar-refractivity contribution in [2.24, 2.45) is 5.73 Å². The zero-order chi connectivity index (χ0) is 15.6. The first-order chi connectivity index (χ1) is 11.4. The number of aromatic nitrogens is 2. The van der Waals surface area contributed by atoms with Crippen molar-refractivity contribution in [2.45, 2.75) is 44.7 Å². The molecule has 2 aromatic carbocycles. The standard InChI is InChI=1S/C20H23N3.ClH/c21-12-15-10-11-19(20-9-5-4-8-18(15)20)16-13-22-23(14-16)17-6-2-1-3-7-17;/h4-5,8-11,13-14,17H,1-3,6-7,12,21H2;1H. The summed E-state index contributed by atoms with van der Waals surface area (Å²) < 4.78 is 2.18. The second kappa shape index (κ2) is 7.37. The summed E-state index contributed by atoms with van der Waals surface area (Å²) in [6.07, 6.45) is 10.8. The van der Waals surface area contributed by atoms with Gasteiger partial charge in [0.2, 0.25) is 0 Å². The Kier molecular flexibility index (Phi) is 5.22. The van der Waals surface area contributed by atoms with E-state index in [4.69, 9.17) is 5.73 Å². The quantitative estimate of drug-likeness (QED) is 0.721.